The number of methoxy groups -OCH3 is 1. The molecule has 0 aliphatic rings. The number of ether oxygens (including phenoxy) is 1. The highest BCUT2D eigenvalue weighted by Crippen LogP contribution is 2.31. The van der Waals surface area contributed by atoms with E-state index in [-0.39, 0.29) is 27.6 Å². The van der Waals surface area contributed by atoms with E-state index in [1.807, 2.05) is 13.8 Å². The van der Waals surface area contributed by atoms with Crippen LogP contribution in [0.15, 0.2) is 125 Å². The minimum Gasteiger partial charge on any atom is -0.495 e. The van der Waals surface area contributed by atoms with Gasteiger partial charge in [0.15, 0.2) is 0 Å². The van der Waals surface area contributed by atoms with Crippen LogP contribution in [0.1, 0.15) is 27.0 Å². The zero-order valence-corrected chi connectivity index (χ0v) is 28.2. The summed E-state index contributed by atoms with van der Waals surface area (Å²) < 4.78 is 63.4. The van der Waals surface area contributed by atoms with Gasteiger partial charge in [0.2, 0.25) is 0 Å². The van der Waals surface area contributed by atoms with Gasteiger partial charge < -0.3 is 10.1 Å². The molecule has 0 aromatic heterocycles. The van der Waals surface area contributed by atoms with Crippen molar-refractivity contribution in [3.05, 3.63) is 143 Å². The Bertz CT molecular complexity index is 2120. The number of hydrogen-bond donors (Lipinski definition) is 2. The van der Waals surface area contributed by atoms with E-state index in [4.69, 9.17) is 16.3 Å². The van der Waals surface area contributed by atoms with Crippen LogP contribution in [0.3, 0.4) is 0 Å². The standard InChI is InChI=1S/C35H32ClN3O6S2/c1-24-8-17-30(18-9-24)47(43,44)39(23-26-11-13-27(36)14-12-26)33-7-5-4-6-31(33)35(40)37-28-15-19-29(20-16-28)46(41,42)38-32-22-25(2)10-21-34(32)45-3/h4-22,38H,23H2,1-3H3,(H,37,40). The third kappa shape index (κ3) is 7.76. The van der Waals surface area contributed by atoms with Crippen LogP contribution in [0.2, 0.25) is 5.02 Å². The van der Waals surface area contributed by atoms with E-state index >= 15 is 0 Å². The molecule has 0 aliphatic heterocycles. The summed E-state index contributed by atoms with van der Waals surface area (Å²) in [4.78, 5) is 13.7. The molecule has 12 heteroatoms. The van der Waals surface area contributed by atoms with E-state index in [0.29, 0.717) is 27.7 Å². The number of nitrogens with zero attached hydrogens (tertiary/aromatic N) is 1. The molecule has 0 unspecified atom stereocenters. The summed E-state index contributed by atoms with van der Waals surface area (Å²) in [6.45, 7) is 3.63. The quantitative estimate of drug-likeness (QED) is 0.149. The van der Waals surface area contributed by atoms with E-state index in [1.165, 1.54) is 53.9 Å². The zero-order valence-electron chi connectivity index (χ0n) is 25.8. The maximum atomic E-state index is 14.1. The molecule has 0 saturated carbocycles. The molecule has 1 amide bonds. The number of rotatable bonds is 11. The topological polar surface area (TPSA) is 122 Å². The summed E-state index contributed by atoms with van der Waals surface area (Å²) >= 11 is 6.07. The lowest BCUT2D eigenvalue weighted by molar-refractivity contribution is 0.102. The van der Waals surface area contributed by atoms with Gasteiger partial charge in [0.25, 0.3) is 26.0 Å². The Labute approximate surface area is 279 Å². The van der Waals surface area contributed by atoms with Gasteiger partial charge in [-0.3, -0.25) is 13.8 Å². The molecule has 0 fully saturated rings. The summed E-state index contributed by atoms with van der Waals surface area (Å²) in [5, 5.41) is 3.27. The number of carbonyl (C=O) groups is 1. The molecule has 0 atom stereocenters. The second kappa shape index (κ2) is 13.9. The molecule has 0 bridgehead atoms. The fourth-order valence-electron chi connectivity index (χ4n) is 4.80. The van der Waals surface area contributed by atoms with E-state index in [2.05, 4.69) is 10.0 Å². The van der Waals surface area contributed by atoms with Crippen molar-refractivity contribution in [2.75, 3.05) is 21.5 Å². The fourth-order valence-corrected chi connectivity index (χ4v) is 7.46. The number of sulfonamides is 2. The van der Waals surface area contributed by atoms with Gasteiger partial charge in [-0.1, -0.05) is 59.6 Å². The number of aryl methyl sites for hydroxylation is 2. The van der Waals surface area contributed by atoms with Gasteiger partial charge in [-0.25, -0.2) is 16.8 Å². The number of anilines is 3. The summed E-state index contributed by atoms with van der Waals surface area (Å²) in [5.74, 6) is -0.213. The van der Waals surface area contributed by atoms with Crippen LogP contribution in [0.25, 0.3) is 0 Å². The van der Waals surface area contributed by atoms with Crippen molar-refractivity contribution in [3.8, 4) is 5.75 Å². The Morgan fingerprint density at radius 1 is 0.766 bits per heavy atom. The van der Waals surface area contributed by atoms with Gasteiger partial charge in [0.05, 0.1) is 40.4 Å². The Morgan fingerprint density at radius 3 is 2.04 bits per heavy atom. The van der Waals surface area contributed by atoms with Crippen LogP contribution in [0.5, 0.6) is 5.75 Å². The lowest BCUT2D eigenvalue weighted by Gasteiger charge is -2.27. The first-order valence-electron chi connectivity index (χ1n) is 14.4. The summed E-state index contributed by atoms with van der Waals surface area (Å²) in [7, 11) is -6.66. The molecule has 0 aliphatic carbocycles. The van der Waals surface area contributed by atoms with Gasteiger partial charge in [0, 0.05) is 10.7 Å². The molecule has 2 N–H and O–H groups in total. The van der Waals surface area contributed by atoms with Crippen molar-refractivity contribution in [2.45, 2.75) is 30.2 Å². The summed E-state index contributed by atoms with van der Waals surface area (Å²) in [6.07, 6.45) is 0. The molecule has 242 valence electrons. The molecular formula is C35H32ClN3O6S2. The second-order valence-electron chi connectivity index (χ2n) is 10.8. The second-order valence-corrected chi connectivity index (χ2v) is 14.7. The normalized spacial score (nSPS) is 11.5. The van der Waals surface area contributed by atoms with Gasteiger partial charge in [0.1, 0.15) is 5.75 Å². The van der Waals surface area contributed by atoms with E-state index < -0.39 is 26.0 Å². The lowest BCUT2D eigenvalue weighted by atomic mass is 10.1. The fraction of sp³-hybridized carbons (Fsp3) is 0.114. The first-order chi connectivity index (χ1) is 22.4. The molecule has 5 aromatic carbocycles. The summed E-state index contributed by atoms with van der Waals surface area (Å²) in [5.41, 5.74) is 3.28. The predicted molar refractivity (Wildman–Crippen MR) is 185 cm³/mol. The van der Waals surface area contributed by atoms with Crippen molar-refractivity contribution >= 4 is 54.6 Å². The Kier molecular flexibility index (Phi) is 9.90. The molecule has 0 spiro atoms. The number of amides is 1. The van der Waals surface area contributed by atoms with Gasteiger partial charge in [-0.15, -0.1) is 0 Å². The molecule has 0 saturated heterocycles. The van der Waals surface area contributed by atoms with Crippen molar-refractivity contribution in [3.63, 3.8) is 0 Å². The minimum absolute atomic E-state index is 0.0298. The van der Waals surface area contributed by atoms with Crippen molar-refractivity contribution in [1.29, 1.82) is 0 Å². The smallest absolute Gasteiger partial charge is 0.264 e. The Morgan fingerprint density at radius 2 is 1.38 bits per heavy atom. The average molecular weight is 690 g/mol. The van der Waals surface area contributed by atoms with Crippen LogP contribution < -0.4 is 19.1 Å². The first-order valence-corrected chi connectivity index (χ1v) is 17.7. The molecule has 47 heavy (non-hydrogen) atoms. The maximum Gasteiger partial charge on any atom is 0.264 e. The third-order valence-corrected chi connectivity index (χ3v) is 10.7. The molecule has 0 heterocycles. The highest BCUT2D eigenvalue weighted by atomic mass is 35.5. The number of para-hydroxylation sites is 1. The van der Waals surface area contributed by atoms with Gasteiger partial charge in [-0.2, -0.15) is 0 Å². The van der Waals surface area contributed by atoms with Crippen LogP contribution in [0, 0.1) is 13.8 Å². The number of hydrogen-bond acceptors (Lipinski definition) is 6. The molecule has 5 rings (SSSR count). The van der Waals surface area contributed by atoms with Crippen LogP contribution in [-0.4, -0.2) is 29.9 Å². The highest BCUT2D eigenvalue weighted by Gasteiger charge is 2.29. The molecule has 5 aromatic rings. The number of halogens is 1. The Hall–Kier alpha value is -4.84. The number of nitrogens with one attached hydrogen (secondary N) is 2. The first kappa shape index (κ1) is 33.5. The van der Waals surface area contributed by atoms with Crippen molar-refractivity contribution < 1.29 is 26.4 Å². The lowest BCUT2D eigenvalue weighted by Crippen LogP contribution is -2.32. The minimum atomic E-state index is -4.13. The maximum absolute atomic E-state index is 14.1. The van der Waals surface area contributed by atoms with Gasteiger partial charge in [-0.05, 0) is 97.8 Å². The number of carbonyl (C=O) groups excluding carboxylic acids is 1. The van der Waals surface area contributed by atoms with E-state index in [9.17, 15) is 21.6 Å². The highest BCUT2D eigenvalue weighted by molar-refractivity contribution is 7.93. The third-order valence-electron chi connectivity index (χ3n) is 7.29. The Balaban J connectivity index is 1.44. The van der Waals surface area contributed by atoms with Crippen molar-refractivity contribution in [1.82, 2.24) is 0 Å². The van der Waals surface area contributed by atoms with E-state index in [1.54, 1.807) is 72.8 Å². The van der Waals surface area contributed by atoms with Gasteiger partial charge >= 0.3 is 0 Å². The van der Waals surface area contributed by atoms with Crippen LogP contribution >= 0.6 is 11.6 Å². The van der Waals surface area contributed by atoms with Crippen LogP contribution in [-0.2, 0) is 26.6 Å². The molecule has 9 nitrogen and oxygen atoms in total. The zero-order chi connectivity index (χ0) is 33.8. The largest absolute Gasteiger partial charge is 0.495 e. The van der Waals surface area contributed by atoms with Crippen LogP contribution in [0.4, 0.5) is 17.1 Å². The SMILES string of the molecule is COc1ccc(C)cc1NS(=O)(=O)c1ccc(NC(=O)c2ccccc2N(Cc2ccc(Cl)cc2)S(=O)(=O)c2ccc(C)cc2)cc1. The molecular weight excluding hydrogens is 658 g/mol. The average Bonchev–Trinajstić information content (AvgIpc) is 3.05. The van der Waals surface area contributed by atoms with Crippen molar-refractivity contribution in [2.24, 2.45) is 0 Å². The molecule has 0 radical (unpaired) electrons. The monoisotopic (exact) mass is 689 g/mol. The number of benzene rings is 5. The van der Waals surface area contributed by atoms with E-state index in [0.717, 1.165) is 11.1 Å². The summed E-state index contributed by atoms with van der Waals surface area (Å²) in [6, 6.07) is 30.4. The predicted octanol–water partition coefficient (Wildman–Crippen LogP) is 7.41.